The van der Waals surface area contributed by atoms with Crippen molar-refractivity contribution in [2.75, 3.05) is 0 Å². The van der Waals surface area contributed by atoms with Crippen LogP contribution in [0.4, 0.5) is 0 Å². The zero-order valence-electron chi connectivity index (χ0n) is 36.2. The van der Waals surface area contributed by atoms with Crippen molar-refractivity contribution in [1.29, 1.82) is 0 Å². The summed E-state index contributed by atoms with van der Waals surface area (Å²) in [4.78, 5) is 9.68. The first-order chi connectivity index (χ1) is 27.5. The molecule has 0 aromatic rings. The number of nitrogens with zero attached hydrogens (tertiary/aromatic N) is 2. The van der Waals surface area contributed by atoms with Crippen LogP contribution in [-0.2, 0) is 0 Å². The van der Waals surface area contributed by atoms with Gasteiger partial charge in [0.15, 0.2) is 6.29 Å². The number of fused-ring (bicyclic) bond motifs is 14. The Labute approximate surface area is 343 Å². The normalized spacial score (nSPS) is 58.1. The zero-order chi connectivity index (χ0) is 36.9. The minimum atomic E-state index is 0.279. The van der Waals surface area contributed by atoms with Gasteiger partial charge in [-0.15, -0.1) is 0 Å². The van der Waals surface area contributed by atoms with E-state index < -0.39 is 0 Å². The number of aliphatic imine (C=N–C) groups is 1. The minimum Gasteiger partial charge on any atom is -0.280 e. The first-order valence-electron chi connectivity index (χ1n) is 26.6. The zero-order valence-corrected chi connectivity index (χ0v) is 36.2. The molecule has 0 bridgehead atoms. The van der Waals surface area contributed by atoms with Gasteiger partial charge < -0.3 is 0 Å². The van der Waals surface area contributed by atoms with E-state index in [0.29, 0.717) is 11.5 Å². The number of hydrogen-bond acceptors (Lipinski definition) is 3. The molecular weight excluding hydrogens is 679 g/mol. The van der Waals surface area contributed by atoms with Crippen molar-refractivity contribution >= 4 is 5.71 Å². The van der Waals surface area contributed by atoms with Gasteiger partial charge in [-0.1, -0.05) is 78.1 Å². The molecular formula is C53H83N3. The van der Waals surface area contributed by atoms with Crippen LogP contribution in [0.15, 0.2) is 4.99 Å². The maximum atomic E-state index is 6.35. The fraction of sp³-hybridized carbons (Fsp3) is 0.981. The second kappa shape index (κ2) is 13.8. The molecule has 0 aromatic carbocycles. The Morgan fingerprint density at radius 1 is 0.464 bits per heavy atom. The second-order valence-electron chi connectivity index (χ2n) is 25.1. The molecule has 1 saturated heterocycles. The molecule has 0 aromatic heterocycles. The standard InChI is InChI=1S/C53H83N3/c1-53(2)44-20-9-7-16-37(44)41-27-43-47(29-45(41)53)56(48-28-42-36-15-6-5-14-35(36)38-18-11-19-40(49(38)42)50(43)48)52-54-46-21-10-8-17-39(46)51(55-52)32-24-25-34-31(26-32)23-22-30-12-3-4-13-33(30)34/h30-50,52,54H,3-29H2,1-2H3. The highest BCUT2D eigenvalue weighted by Crippen LogP contribution is 2.71. The number of rotatable bonds is 2. The van der Waals surface area contributed by atoms with E-state index >= 15 is 0 Å². The molecule has 3 heteroatoms. The van der Waals surface area contributed by atoms with Crippen LogP contribution in [0.3, 0.4) is 0 Å². The average Bonchev–Trinajstić information content (AvgIpc) is 3.83. The first kappa shape index (κ1) is 36.3. The second-order valence-corrected chi connectivity index (χ2v) is 25.1. The van der Waals surface area contributed by atoms with Crippen LogP contribution >= 0.6 is 0 Å². The van der Waals surface area contributed by atoms with Gasteiger partial charge in [0.1, 0.15) is 0 Å². The lowest BCUT2D eigenvalue weighted by molar-refractivity contribution is -0.0245. The van der Waals surface area contributed by atoms with E-state index in [9.17, 15) is 0 Å². The Hall–Kier alpha value is -0.410. The van der Waals surface area contributed by atoms with E-state index in [2.05, 4.69) is 24.1 Å². The van der Waals surface area contributed by atoms with Crippen molar-refractivity contribution < 1.29 is 0 Å². The first-order valence-corrected chi connectivity index (χ1v) is 26.6. The summed E-state index contributed by atoms with van der Waals surface area (Å²) >= 11 is 0. The van der Waals surface area contributed by atoms with E-state index in [1.807, 2.05) is 0 Å². The fourth-order valence-electron chi connectivity index (χ4n) is 21.9. The third kappa shape index (κ3) is 5.28. The maximum absolute atomic E-state index is 6.35. The van der Waals surface area contributed by atoms with Crippen LogP contribution in [0.5, 0.6) is 0 Å². The molecule has 11 aliphatic carbocycles. The molecule has 2 aliphatic heterocycles. The van der Waals surface area contributed by atoms with Crippen molar-refractivity contribution in [3.8, 4) is 0 Å². The molecule has 310 valence electrons. The number of likely N-dealkylation sites (tertiary alicyclic amines) is 1. The summed E-state index contributed by atoms with van der Waals surface area (Å²) in [6.07, 6.45) is 41.7. The van der Waals surface area contributed by atoms with E-state index in [-0.39, 0.29) is 6.29 Å². The molecule has 13 aliphatic rings. The highest BCUT2D eigenvalue weighted by atomic mass is 15.4. The highest BCUT2D eigenvalue weighted by molar-refractivity contribution is 5.90. The Kier molecular flexibility index (Phi) is 8.94. The van der Waals surface area contributed by atoms with E-state index in [0.717, 1.165) is 119 Å². The molecule has 0 amide bonds. The van der Waals surface area contributed by atoms with Crippen molar-refractivity contribution in [2.24, 2.45) is 117 Å². The van der Waals surface area contributed by atoms with Gasteiger partial charge in [0, 0.05) is 29.8 Å². The Morgan fingerprint density at radius 3 is 2.05 bits per heavy atom. The van der Waals surface area contributed by atoms with Gasteiger partial charge in [-0.05, 0) is 215 Å². The number of nitrogens with one attached hydrogen (secondary N) is 1. The van der Waals surface area contributed by atoms with Gasteiger partial charge in [-0.2, -0.15) is 0 Å². The molecule has 1 N–H and O–H groups in total. The van der Waals surface area contributed by atoms with Crippen molar-refractivity contribution in [1.82, 2.24) is 10.2 Å². The molecule has 0 spiro atoms. The van der Waals surface area contributed by atoms with Gasteiger partial charge in [-0.3, -0.25) is 15.2 Å². The summed E-state index contributed by atoms with van der Waals surface area (Å²) < 4.78 is 0. The predicted octanol–water partition coefficient (Wildman–Crippen LogP) is 12.5. The van der Waals surface area contributed by atoms with Crippen molar-refractivity contribution in [2.45, 2.75) is 212 Å². The average molecular weight is 762 g/mol. The van der Waals surface area contributed by atoms with E-state index in [4.69, 9.17) is 4.99 Å². The molecule has 13 rings (SSSR count). The summed E-state index contributed by atoms with van der Waals surface area (Å²) in [7, 11) is 0. The van der Waals surface area contributed by atoms with Crippen molar-refractivity contribution in [3.05, 3.63) is 0 Å². The lowest BCUT2D eigenvalue weighted by Gasteiger charge is -2.53. The molecule has 11 saturated carbocycles. The van der Waals surface area contributed by atoms with Gasteiger partial charge >= 0.3 is 0 Å². The van der Waals surface area contributed by atoms with Gasteiger partial charge in [-0.25, -0.2) is 0 Å². The molecule has 3 nitrogen and oxygen atoms in total. The summed E-state index contributed by atoms with van der Waals surface area (Å²) in [5.74, 6) is 18.1. The molecule has 0 radical (unpaired) electrons. The van der Waals surface area contributed by atoms with Crippen LogP contribution < -0.4 is 5.32 Å². The third-order valence-electron chi connectivity index (χ3n) is 23.5. The van der Waals surface area contributed by atoms with Crippen LogP contribution in [-0.4, -0.2) is 35.0 Å². The lowest BCUT2D eigenvalue weighted by atomic mass is 9.54. The largest absolute Gasteiger partial charge is 0.280 e. The maximum Gasteiger partial charge on any atom is 0.156 e. The monoisotopic (exact) mass is 762 g/mol. The van der Waals surface area contributed by atoms with Crippen LogP contribution in [0.2, 0.25) is 0 Å². The van der Waals surface area contributed by atoms with E-state index in [1.54, 1.807) is 95.6 Å². The van der Waals surface area contributed by atoms with Crippen LogP contribution in [0, 0.1) is 112 Å². The van der Waals surface area contributed by atoms with Crippen LogP contribution in [0.1, 0.15) is 187 Å². The topological polar surface area (TPSA) is 27.6 Å². The summed E-state index contributed by atoms with van der Waals surface area (Å²) in [5.41, 5.74) is 2.32. The smallest absolute Gasteiger partial charge is 0.156 e. The Balaban J connectivity index is 0.876. The van der Waals surface area contributed by atoms with Gasteiger partial charge in [0.2, 0.25) is 0 Å². The number of hydrogen-bond donors (Lipinski definition) is 1. The Morgan fingerprint density at radius 2 is 1.16 bits per heavy atom. The summed E-state index contributed by atoms with van der Waals surface area (Å²) in [6.45, 7) is 5.57. The molecule has 22 atom stereocenters. The quantitative estimate of drug-likeness (QED) is 0.303. The SMILES string of the molecule is CC1(C)C2CCCCC2C2CC3C4C5CCCC6C7CCCCC7C(CC4N(C4N=C(C7CCC8C(CCC9CCCCC98)C7)C7CCCCC7N4)C3CC21)C65. The molecule has 22 unspecified atom stereocenters. The minimum absolute atomic E-state index is 0.279. The van der Waals surface area contributed by atoms with Gasteiger partial charge in [0.25, 0.3) is 0 Å². The fourth-order valence-corrected chi connectivity index (χ4v) is 21.9. The van der Waals surface area contributed by atoms with Crippen molar-refractivity contribution in [3.63, 3.8) is 0 Å². The summed E-state index contributed by atoms with van der Waals surface area (Å²) in [6, 6.07) is 2.28. The highest BCUT2D eigenvalue weighted by Gasteiger charge is 2.68. The summed E-state index contributed by atoms with van der Waals surface area (Å²) in [5, 5.41) is 4.57. The molecule has 2 heterocycles. The Bertz CT molecular complexity index is 1520. The molecule has 56 heavy (non-hydrogen) atoms. The lowest BCUT2D eigenvalue weighted by Crippen LogP contribution is -2.62. The molecule has 12 fully saturated rings. The van der Waals surface area contributed by atoms with Gasteiger partial charge in [0.05, 0.1) is 0 Å². The van der Waals surface area contributed by atoms with Crippen LogP contribution in [0.25, 0.3) is 0 Å². The van der Waals surface area contributed by atoms with E-state index in [1.165, 1.54) is 83.5 Å². The third-order valence-corrected chi connectivity index (χ3v) is 23.5. The predicted molar refractivity (Wildman–Crippen MR) is 229 cm³/mol.